The van der Waals surface area contributed by atoms with Crippen molar-refractivity contribution in [2.24, 2.45) is 0 Å². The van der Waals surface area contributed by atoms with Gasteiger partial charge in [-0.15, -0.1) is 0 Å². The number of benzene rings is 5. The van der Waals surface area contributed by atoms with Crippen LogP contribution in [0.1, 0.15) is 0 Å². The van der Waals surface area contributed by atoms with E-state index in [0.717, 1.165) is 44.5 Å². The Balaban J connectivity index is 1.43. The summed E-state index contributed by atoms with van der Waals surface area (Å²) in [7, 11) is 0. The summed E-state index contributed by atoms with van der Waals surface area (Å²) in [5.41, 5.74) is 7.15. The summed E-state index contributed by atoms with van der Waals surface area (Å²) < 4.78 is 6.16. The topological polar surface area (TPSA) is 64.7 Å². The molecule has 0 aliphatic heterocycles. The summed E-state index contributed by atoms with van der Waals surface area (Å²) >= 11 is 0. The van der Waals surface area contributed by atoms with Crippen LogP contribution in [0.3, 0.4) is 0 Å². The number of rotatable bonds is 5. The highest BCUT2D eigenvalue weighted by Crippen LogP contribution is 2.37. The normalized spacial score (nSPS) is 11.1. The zero-order valence-electron chi connectivity index (χ0n) is 20.9. The summed E-state index contributed by atoms with van der Waals surface area (Å²) in [6.07, 6.45) is 0. The van der Waals surface area contributed by atoms with Crippen molar-refractivity contribution >= 4 is 11.1 Å². The van der Waals surface area contributed by atoms with Crippen molar-refractivity contribution in [1.29, 1.82) is 0 Å². The third-order valence-electron chi connectivity index (χ3n) is 6.60. The van der Waals surface area contributed by atoms with Gasteiger partial charge in [0.25, 0.3) is 0 Å². The van der Waals surface area contributed by atoms with E-state index < -0.39 is 0 Å². The van der Waals surface area contributed by atoms with Gasteiger partial charge in [-0.2, -0.15) is 0 Å². The number of para-hydroxylation sites is 1. The fourth-order valence-corrected chi connectivity index (χ4v) is 4.71. The second kappa shape index (κ2) is 9.80. The molecular weight excluding hydrogens is 480 g/mol. The molecule has 184 valence electrons. The van der Waals surface area contributed by atoms with Crippen LogP contribution in [0.2, 0.25) is 0 Å². The zero-order valence-corrected chi connectivity index (χ0v) is 20.9. The van der Waals surface area contributed by atoms with Crippen LogP contribution in [0.4, 0.5) is 0 Å². The third kappa shape index (κ3) is 4.36. The molecule has 0 atom stereocenters. The van der Waals surface area contributed by atoms with Gasteiger partial charge in [-0.05, 0) is 23.8 Å². The van der Waals surface area contributed by atoms with Gasteiger partial charge in [-0.25, -0.2) is 19.9 Å². The van der Waals surface area contributed by atoms with Crippen LogP contribution in [0.5, 0.6) is 0 Å². The van der Waals surface area contributed by atoms with E-state index in [2.05, 4.69) is 12.1 Å². The van der Waals surface area contributed by atoms with Crippen LogP contribution in [0.25, 0.3) is 67.8 Å². The molecule has 0 radical (unpaired) electrons. The largest absolute Gasteiger partial charge is 0.436 e. The highest BCUT2D eigenvalue weighted by atomic mass is 16.3. The van der Waals surface area contributed by atoms with Gasteiger partial charge in [0, 0.05) is 27.8 Å². The van der Waals surface area contributed by atoms with Crippen molar-refractivity contribution < 1.29 is 4.42 Å². The highest BCUT2D eigenvalue weighted by Gasteiger charge is 2.18. The van der Waals surface area contributed by atoms with Crippen LogP contribution in [0, 0.1) is 0 Å². The van der Waals surface area contributed by atoms with E-state index in [-0.39, 0.29) is 0 Å². The van der Waals surface area contributed by atoms with Crippen molar-refractivity contribution in [3.05, 3.63) is 133 Å². The molecule has 0 bridgehead atoms. The molecule has 0 N–H and O–H groups in total. The van der Waals surface area contributed by atoms with E-state index >= 15 is 0 Å². The summed E-state index contributed by atoms with van der Waals surface area (Å²) in [4.78, 5) is 19.6. The fraction of sp³-hybridized carbons (Fsp3) is 0. The molecule has 0 saturated carbocycles. The van der Waals surface area contributed by atoms with Crippen molar-refractivity contribution in [3.8, 4) is 56.7 Å². The van der Waals surface area contributed by atoms with Crippen LogP contribution >= 0.6 is 0 Å². The molecule has 0 fully saturated rings. The minimum absolute atomic E-state index is 0.591. The molecule has 0 aliphatic carbocycles. The Hall–Kier alpha value is -5.42. The molecule has 5 heteroatoms. The van der Waals surface area contributed by atoms with E-state index in [1.54, 1.807) is 0 Å². The van der Waals surface area contributed by atoms with E-state index in [1.807, 2.05) is 121 Å². The first kappa shape index (κ1) is 22.8. The monoisotopic (exact) mass is 502 g/mol. The lowest BCUT2D eigenvalue weighted by Gasteiger charge is -2.12. The maximum atomic E-state index is 6.16. The Kier molecular flexibility index (Phi) is 5.72. The Labute approximate surface area is 225 Å². The average Bonchev–Trinajstić information content (AvgIpc) is 3.47. The Morgan fingerprint density at radius 2 is 0.846 bits per heavy atom. The predicted octanol–water partition coefficient (Wildman–Crippen LogP) is 8.35. The summed E-state index contributed by atoms with van der Waals surface area (Å²) in [6, 6.07) is 44.1. The Bertz CT molecular complexity index is 1840. The molecule has 0 aliphatic rings. The van der Waals surface area contributed by atoms with Crippen molar-refractivity contribution in [3.63, 3.8) is 0 Å². The molecule has 0 amide bonds. The van der Waals surface area contributed by atoms with E-state index in [1.165, 1.54) is 0 Å². The molecule has 2 heterocycles. The quantitative estimate of drug-likeness (QED) is 0.237. The molecule has 0 saturated heterocycles. The first-order valence-corrected chi connectivity index (χ1v) is 12.8. The standard InChI is InChI=1S/C34H22N4O/c1-4-13-23(14-5-1)31-36-32(24-15-6-2-7-16-24)38-33(37-31)28-20-11-10-19-26(28)27-21-12-22-29-30(27)35-34(39-29)25-17-8-3-9-18-25/h1-22H. The minimum Gasteiger partial charge on any atom is -0.436 e. The average molecular weight is 503 g/mol. The van der Waals surface area contributed by atoms with E-state index in [0.29, 0.717) is 23.4 Å². The van der Waals surface area contributed by atoms with Crippen molar-refractivity contribution in [1.82, 2.24) is 19.9 Å². The first-order chi connectivity index (χ1) is 19.3. The molecule has 5 nitrogen and oxygen atoms in total. The summed E-state index contributed by atoms with van der Waals surface area (Å²) in [5.74, 6) is 2.44. The van der Waals surface area contributed by atoms with Crippen molar-refractivity contribution in [2.75, 3.05) is 0 Å². The van der Waals surface area contributed by atoms with Gasteiger partial charge in [-0.1, -0.05) is 115 Å². The number of hydrogen-bond acceptors (Lipinski definition) is 5. The number of oxazole rings is 1. The van der Waals surface area contributed by atoms with Gasteiger partial charge < -0.3 is 4.42 Å². The lowest BCUT2D eigenvalue weighted by Crippen LogP contribution is -2.01. The van der Waals surface area contributed by atoms with Crippen molar-refractivity contribution in [2.45, 2.75) is 0 Å². The number of hydrogen-bond donors (Lipinski definition) is 0. The van der Waals surface area contributed by atoms with E-state index in [9.17, 15) is 0 Å². The van der Waals surface area contributed by atoms with Gasteiger partial charge in [0.05, 0.1) is 0 Å². The second-order valence-corrected chi connectivity index (χ2v) is 9.12. The van der Waals surface area contributed by atoms with E-state index in [4.69, 9.17) is 24.4 Å². The van der Waals surface area contributed by atoms with Gasteiger partial charge in [0.1, 0.15) is 5.52 Å². The highest BCUT2D eigenvalue weighted by molar-refractivity contribution is 5.96. The molecule has 0 unspecified atom stereocenters. The lowest BCUT2D eigenvalue weighted by atomic mass is 9.98. The number of nitrogens with zero attached hydrogens (tertiary/aromatic N) is 4. The van der Waals surface area contributed by atoms with Gasteiger partial charge >= 0.3 is 0 Å². The number of aromatic nitrogens is 4. The molecule has 7 rings (SSSR count). The Morgan fingerprint density at radius 1 is 0.359 bits per heavy atom. The lowest BCUT2D eigenvalue weighted by molar-refractivity contribution is 0.620. The van der Waals surface area contributed by atoms with Crippen LogP contribution in [-0.4, -0.2) is 19.9 Å². The van der Waals surface area contributed by atoms with Gasteiger partial charge in [-0.3, -0.25) is 0 Å². The zero-order chi connectivity index (χ0) is 26.0. The fourth-order valence-electron chi connectivity index (χ4n) is 4.71. The van der Waals surface area contributed by atoms with Crippen LogP contribution < -0.4 is 0 Å². The first-order valence-electron chi connectivity index (χ1n) is 12.8. The SMILES string of the molecule is c1ccc(-c2nc(-c3ccccc3)nc(-c3ccccc3-c3cccc4oc(-c5ccccc5)nc34)n2)cc1. The minimum atomic E-state index is 0.591. The molecule has 0 spiro atoms. The molecule has 2 aromatic heterocycles. The summed E-state index contributed by atoms with van der Waals surface area (Å²) in [6.45, 7) is 0. The Morgan fingerprint density at radius 3 is 1.46 bits per heavy atom. The predicted molar refractivity (Wildman–Crippen MR) is 155 cm³/mol. The van der Waals surface area contributed by atoms with Gasteiger partial charge in [0.2, 0.25) is 5.89 Å². The third-order valence-corrected chi connectivity index (χ3v) is 6.60. The maximum absolute atomic E-state index is 6.16. The summed E-state index contributed by atoms with van der Waals surface area (Å²) in [5, 5.41) is 0. The molecule has 5 aromatic carbocycles. The molecule has 39 heavy (non-hydrogen) atoms. The maximum Gasteiger partial charge on any atom is 0.227 e. The van der Waals surface area contributed by atoms with Crippen LogP contribution in [0.15, 0.2) is 138 Å². The number of fused-ring (bicyclic) bond motifs is 1. The molecular formula is C34H22N4O. The molecule has 7 aromatic rings. The van der Waals surface area contributed by atoms with Crippen LogP contribution in [-0.2, 0) is 0 Å². The second-order valence-electron chi connectivity index (χ2n) is 9.12. The smallest absolute Gasteiger partial charge is 0.227 e. The van der Waals surface area contributed by atoms with Gasteiger partial charge in [0.15, 0.2) is 23.1 Å².